The van der Waals surface area contributed by atoms with Gasteiger partial charge in [0.1, 0.15) is 11.3 Å². The second kappa shape index (κ2) is 6.06. The Bertz CT molecular complexity index is 408. The third-order valence-electron chi connectivity index (χ3n) is 3.48. The summed E-state index contributed by atoms with van der Waals surface area (Å²) in [6, 6.07) is 0. The van der Waals surface area contributed by atoms with Gasteiger partial charge in [0, 0.05) is 18.6 Å². The van der Waals surface area contributed by atoms with Crippen LogP contribution in [0.15, 0.2) is 12.5 Å². The number of nitrogens with one attached hydrogen (secondary N) is 1. The van der Waals surface area contributed by atoms with E-state index in [1.54, 1.807) is 12.5 Å². The lowest BCUT2D eigenvalue weighted by molar-refractivity contribution is 0.328. The van der Waals surface area contributed by atoms with E-state index in [0.29, 0.717) is 5.02 Å². The van der Waals surface area contributed by atoms with E-state index in [1.165, 1.54) is 12.8 Å². The van der Waals surface area contributed by atoms with Crippen molar-refractivity contribution in [3.05, 3.63) is 17.5 Å². The average Bonchev–Trinajstić information content (AvgIpc) is 2.37. The van der Waals surface area contributed by atoms with Gasteiger partial charge in [0.15, 0.2) is 5.82 Å². The van der Waals surface area contributed by atoms with Gasteiger partial charge in [-0.15, -0.1) is 0 Å². The molecule has 0 aromatic carbocycles. The second-order valence-corrected chi connectivity index (χ2v) is 6.66. The first-order valence-electron chi connectivity index (χ1n) is 6.91. The molecule has 0 bridgehead atoms. The molecule has 0 amide bonds. The van der Waals surface area contributed by atoms with Crippen molar-refractivity contribution in [1.82, 2.24) is 15.3 Å². The van der Waals surface area contributed by atoms with E-state index in [1.807, 2.05) is 0 Å². The van der Waals surface area contributed by atoms with Crippen molar-refractivity contribution >= 4 is 17.4 Å². The van der Waals surface area contributed by atoms with Gasteiger partial charge in [-0.25, -0.2) is 9.97 Å². The van der Waals surface area contributed by atoms with Gasteiger partial charge in [-0.05, 0) is 46.1 Å². The summed E-state index contributed by atoms with van der Waals surface area (Å²) in [6.07, 6.45) is 5.60. The summed E-state index contributed by atoms with van der Waals surface area (Å²) in [5.74, 6) is 1.62. The van der Waals surface area contributed by atoms with Gasteiger partial charge in [-0.3, -0.25) is 0 Å². The summed E-state index contributed by atoms with van der Waals surface area (Å²) in [5, 5.41) is 4.23. The van der Waals surface area contributed by atoms with Crippen LogP contribution in [-0.2, 0) is 0 Å². The molecule has 2 heterocycles. The number of aromatic nitrogens is 2. The van der Waals surface area contributed by atoms with Crippen LogP contribution in [0.3, 0.4) is 0 Å². The highest BCUT2D eigenvalue weighted by Gasteiger charge is 2.22. The maximum atomic E-state index is 6.14. The molecule has 0 atom stereocenters. The van der Waals surface area contributed by atoms with Crippen LogP contribution in [0.5, 0.6) is 0 Å². The largest absolute Gasteiger partial charge is 0.355 e. The molecule has 5 heteroatoms. The monoisotopic (exact) mass is 282 g/mol. The zero-order valence-corrected chi connectivity index (χ0v) is 12.7. The predicted octanol–water partition coefficient (Wildman–Crippen LogP) is 2.73. The molecule has 1 N–H and O–H groups in total. The zero-order chi connectivity index (χ0) is 13.9. The lowest BCUT2D eigenvalue weighted by Crippen LogP contribution is -2.43. The Hall–Kier alpha value is -0.870. The molecule has 4 nitrogen and oxygen atoms in total. The smallest absolute Gasteiger partial charge is 0.150 e. The highest BCUT2D eigenvalue weighted by molar-refractivity contribution is 6.32. The molecular weight excluding hydrogens is 260 g/mol. The van der Waals surface area contributed by atoms with E-state index in [-0.39, 0.29) is 5.54 Å². The number of hydrogen-bond acceptors (Lipinski definition) is 4. The van der Waals surface area contributed by atoms with Crippen molar-refractivity contribution in [1.29, 1.82) is 0 Å². The molecule has 0 aliphatic carbocycles. The molecular formula is C14H23ClN4. The number of hydrogen-bond donors (Lipinski definition) is 1. The minimum Gasteiger partial charge on any atom is -0.355 e. The molecule has 1 saturated heterocycles. The highest BCUT2D eigenvalue weighted by Crippen LogP contribution is 2.26. The molecule has 1 aromatic heterocycles. The number of nitrogens with zero attached hydrogens (tertiary/aromatic N) is 3. The van der Waals surface area contributed by atoms with Gasteiger partial charge in [0.25, 0.3) is 0 Å². The standard InChI is InChI=1S/C14H23ClN4/c1-14(2,3)18-8-11-4-6-19(7-5-11)13-12(15)9-16-10-17-13/h9-11,18H,4-8H2,1-3H3. The van der Waals surface area contributed by atoms with Crippen LogP contribution in [-0.4, -0.2) is 35.1 Å². The van der Waals surface area contributed by atoms with Crippen LogP contribution >= 0.6 is 11.6 Å². The van der Waals surface area contributed by atoms with E-state index in [9.17, 15) is 0 Å². The van der Waals surface area contributed by atoms with Crippen molar-refractivity contribution < 1.29 is 0 Å². The van der Waals surface area contributed by atoms with Gasteiger partial charge in [-0.2, -0.15) is 0 Å². The lowest BCUT2D eigenvalue weighted by atomic mass is 9.95. The molecule has 2 rings (SSSR count). The first-order valence-corrected chi connectivity index (χ1v) is 7.29. The molecule has 1 aliphatic heterocycles. The first kappa shape index (κ1) is 14.5. The van der Waals surface area contributed by atoms with Crippen LogP contribution in [0.2, 0.25) is 5.02 Å². The Kier molecular flexibility index (Phi) is 4.63. The fourth-order valence-corrected chi connectivity index (χ4v) is 2.56. The molecule has 0 unspecified atom stereocenters. The number of anilines is 1. The predicted molar refractivity (Wildman–Crippen MR) is 79.7 cm³/mol. The fraction of sp³-hybridized carbons (Fsp3) is 0.714. The van der Waals surface area contributed by atoms with Gasteiger partial charge in [-0.1, -0.05) is 11.6 Å². The molecule has 1 aliphatic rings. The van der Waals surface area contributed by atoms with Crippen LogP contribution in [0.1, 0.15) is 33.6 Å². The van der Waals surface area contributed by atoms with E-state index in [4.69, 9.17) is 11.6 Å². The van der Waals surface area contributed by atoms with Crippen molar-refractivity contribution in [2.45, 2.75) is 39.2 Å². The van der Waals surface area contributed by atoms with E-state index in [0.717, 1.165) is 31.4 Å². The van der Waals surface area contributed by atoms with Gasteiger partial charge >= 0.3 is 0 Å². The summed E-state index contributed by atoms with van der Waals surface area (Å²) < 4.78 is 0. The Morgan fingerprint density at radius 1 is 1.37 bits per heavy atom. The Morgan fingerprint density at radius 2 is 2.05 bits per heavy atom. The summed E-state index contributed by atoms with van der Waals surface area (Å²) in [5.41, 5.74) is 0.201. The number of halogens is 1. The third kappa shape index (κ3) is 4.32. The Labute approximate surface area is 120 Å². The van der Waals surface area contributed by atoms with Crippen LogP contribution in [0.25, 0.3) is 0 Å². The summed E-state index contributed by atoms with van der Waals surface area (Å²) in [4.78, 5) is 10.5. The number of rotatable bonds is 3. The molecule has 0 radical (unpaired) electrons. The third-order valence-corrected chi connectivity index (χ3v) is 3.75. The topological polar surface area (TPSA) is 41.0 Å². The summed E-state index contributed by atoms with van der Waals surface area (Å²) in [7, 11) is 0. The molecule has 0 spiro atoms. The van der Waals surface area contributed by atoms with Gasteiger partial charge in [0.05, 0.1) is 6.20 Å². The SMILES string of the molecule is CC(C)(C)NCC1CCN(c2ncncc2Cl)CC1. The first-order chi connectivity index (χ1) is 8.96. The van der Waals surface area contributed by atoms with Crippen LogP contribution < -0.4 is 10.2 Å². The summed E-state index contributed by atoms with van der Waals surface area (Å²) in [6.45, 7) is 9.77. The van der Waals surface area contributed by atoms with Crippen molar-refractivity contribution in [3.8, 4) is 0 Å². The minimum atomic E-state index is 0.201. The normalized spacial score (nSPS) is 17.8. The maximum absolute atomic E-state index is 6.14. The molecule has 19 heavy (non-hydrogen) atoms. The van der Waals surface area contributed by atoms with Crippen LogP contribution in [0.4, 0.5) is 5.82 Å². The Balaban J connectivity index is 1.84. The maximum Gasteiger partial charge on any atom is 0.150 e. The average molecular weight is 283 g/mol. The van der Waals surface area contributed by atoms with Crippen molar-refractivity contribution in [3.63, 3.8) is 0 Å². The quantitative estimate of drug-likeness (QED) is 0.926. The van der Waals surface area contributed by atoms with Crippen LogP contribution in [0, 0.1) is 5.92 Å². The zero-order valence-electron chi connectivity index (χ0n) is 12.0. The highest BCUT2D eigenvalue weighted by atomic mass is 35.5. The van der Waals surface area contributed by atoms with E-state index < -0.39 is 0 Å². The Morgan fingerprint density at radius 3 is 2.63 bits per heavy atom. The molecule has 0 saturated carbocycles. The minimum absolute atomic E-state index is 0.201. The van der Waals surface area contributed by atoms with Gasteiger partial charge < -0.3 is 10.2 Å². The van der Waals surface area contributed by atoms with Crippen molar-refractivity contribution in [2.75, 3.05) is 24.5 Å². The van der Waals surface area contributed by atoms with E-state index >= 15 is 0 Å². The molecule has 1 fully saturated rings. The van der Waals surface area contributed by atoms with E-state index in [2.05, 4.69) is 41.0 Å². The van der Waals surface area contributed by atoms with Crippen molar-refractivity contribution in [2.24, 2.45) is 5.92 Å². The fourth-order valence-electron chi connectivity index (χ4n) is 2.34. The summed E-state index contributed by atoms with van der Waals surface area (Å²) >= 11 is 6.14. The second-order valence-electron chi connectivity index (χ2n) is 6.26. The van der Waals surface area contributed by atoms with Gasteiger partial charge in [0.2, 0.25) is 0 Å². The lowest BCUT2D eigenvalue weighted by Gasteiger charge is -2.34. The molecule has 106 valence electrons. The number of piperidine rings is 1. The molecule has 1 aromatic rings.